The number of aromatic nitrogens is 2. The maximum atomic E-state index is 6.37. The zero-order valence-corrected chi connectivity index (χ0v) is 37.4. The summed E-state index contributed by atoms with van der Waals surface area (Å²) < 4.78 is 6.37. The highest BCUT2D eigenvalue weighted by Gasteiger charge is 2.17. The third kappa shape index (κ3) is 6.66. The minimum Gasteiger partial charge on any atom is -0.455 e. The second-order valence-electron chi connectivity index (χ2n) is 18.1. The van der Waals surface area contributed by atoms with E-state index in [-0.39, 0.29) is 0 Å². The van der Waals surface area contributed by atoms with Gasteiger partial charge in [0.2, 0.25) is 0 Å². The van der Waals surface area contributed by atoms with Crippen LogP contribution in [-0.4, -0.2) is 9.97 Å². The van der Waals surface area contributed by atoms with Crippen molar-refractivity contribution in [3.05, 3.63) is 243 Å². The Kier molecular flexibility index (Phi) is 8.90. The second kappa shape index (κ2) is 15.7. The molecule has 14 rings (SSSR count). The van der Waals surface area contributed by atoms with Gasteiger partial charge >= 0.3 is 0 Å². The summed E-state index contributed by atoms with van der Waals surface area (Å²) in [4.78, 5) is 10.7. The van der Waals surface area contributed by atoms with Crippen LogP contribution in [0.3, 0.4) is 0 Å². The zero-order valence-electron chi connectivity index (χ0n) is 37.4. The first-order valence-corrected chi connectivity index (χ1v) is 23.5. The predicted octanol–water partition coefficient (Wildman–Crippen LogP) is 18.1. The van der Waals surface area contributed by atoms with E-state index in [1.165, 1.54) is 43.8 Å². The number of hydrogen-bond acceptors (Lipinski definition) is 3. The van der Waals surface area contributed by atoms with Crippen molar-refractivity contribution in [2.24, 2.45) is 0 Å². The highest BCUT2D eigenvalue weighted by Crippen LogP contribution is 2.41. The van der Waals surface area contributed by atoms with Gasteiger partial charge in [-0.2, -0.15) is 0 Å². The molecule has 0 saturated heterocycles. The maximum Gasteiger partial charge on any atom is 0.143 e. The molecule has 2 heterocycles. The van der Waals surface area contributed by atoms with E-state index in [0.29, 0.717) is 0 Å². The lowest BCUT2D eigenvalue weighted by molar-refractivity contribution is 0.670. The Bertz CT molecular complexity index is 4370. The summed E-state index contributed by atoms with van der Waals surface area (Å²) in [6.07, 6.45) is 1.94. The van der Waals surface area contributed by atoms with E-state index in [1.807, 2.05) is 18.3 Å². The quantitative estimate of drug-likeness (QED) is 0.156. The topological polar surface area (TPSA) is 38.9 Å². The molecule has 0 radical (unpaired) electrons. The molecule has 320 valence electrons. The Morgan fingerprint density at radius 1 is 0.275 bits per heavy atom. The van der Waals surface area contributed by atoms with Gasteiger partial charge in [0, 0.05) is 32.7 Å². The van der Waals surface area contributed by atoms with Gasteiger partial charge in [-0.1, -0.05) is 194 Å². The van der Waals surface area contributed by atoms with Gasteiger partial charge in [0.05, 0.1) is 22.9 Å². The zero-order chi connectivity index (χ0) is 45.4. The van der Waals surface area contributed by atoms with Crippen molar-refractivity contribution in [2.75, 3.05) is 0 Å². The molecule has 69 heavy (non-hydrogen) atoms. The molecule has 0 fully saturated rings. The van der Waals surface area contributed by atoms with Crippen LogP contribution < -0.4 is 0 Å². The monoisotopic (exact) mass is 876 g/mol. The summed E-state index contributed by atoms with van der Waals surface area (Å²) in [6.45, 7) is 0. The van der Waals surface area contributed by atoms with Gasteiger partial charge in [-0.3, -0.25) is 4.98 Å². The molecule has 0 aliphatic carbocycles. The van der Waals surface area contributed by atoms with Crippen LogP contribution >= 0.6 is 0 Å². The Morgan fingerprint density at radius 2 is 0.754 bits per heavy atom. The van der Waals surface area contributed by atoms with E-state index in [2.05, 4.69) is 224 Å². The third-order valence-corrected chi connectivity index (χ3v) is 14.1. The minimum atomic E-state index is 0.836. The van der Waals surface area contributed by atoms with Crippen molar-refractivity contribution < 1.29 is 4.42 Å². The van der Waals surface area contributed by atoms with Gasteiger partial charge in [-0.05, 0) is 125 Å². The van der Waals surface area contributed by atoms with Crippen molar-refractivity contribution >= 4 is 76.1 Å². The molecule has 0 unspecified atom stereocenters. The molecule has 0 saturated carbocycles. The number of fused-ring (bicyclic) bond motifs is 11. The molecular formula is C66H40N2O. The summed E-state index contributed by atoms with van der Waals surface area (Å²) in [5.41, 5.74) is 17.0. The molecule has 3 heteroatoms. The number of para-hydroxylation sites is 2. The number of furan rings is 1. The highest BCUT2D eigenvalue weighted by molar-refractivity contribution is 6.24. The number of rotatable bonds is 6. The Labute approximate surface area is 398 Å². The number of nitrogens with zero attached hydrogens (tertiary/aromatic N) is 2. The summed E-state index contributed by atoms with van der Waals surface area (Å²) in [5.74, 6) is 0. The summed E-state index contributed by atoms with van der Waals surface area (Å²) in [5, 5.41) is 11.7. The molecule has 0 amide bonds. The van der Waals surface area contributed by atoms with Crippen molar-refractivity contribution in [3.8, 4) is 66.9 Å². The van der Waals surface area contributed by atoms with Crippen LogP contribution in [0.15, 0.2) is 247 Å². The Balaban J connectivity index is 0.846. The molecule has 0 spiro atoms. The Morgan fingerprint density at radius 3 is 1.43 bits per heavy atom. The molecule has 14 aromatic rings. The normalized spacial score (nSPS) is 11.8. The SMILES string of the molecule is c1cc(-c2ccc(-c3cccc4c3oc3ccccc34)cc2)cc(-c2cccc(-c3cnc4c5ccc(-c6ccc7ccccc7c6)cc5c5cc(-c6ccc7ccccc7c6)ccc5c4n3)c2)c1. The van der Waals surface area contributed by atoms with Crippen molar-refractivity contribution in [2.45, 2.75) is 0 Å². The lowest BCUT2D eigenvalue weighted by Crippen LogP contribution is -1.93. The average molecular weight is 877 g/mol. The minimum absolute atomic E-state index is 0.836. The first-order chi connectivity index (χ1) is 34.1. The summed E-state index contributed by atoms with van der Waals surface area (Å²) in [6, 6.07) is 85.2. The first kappa shape index (κ1) is 39.0. The fraction of sp³-hybridized carbons (Fsp3) is 0. The average Bonchev–Trinajstić information content (AvgIpc) is 3.82. The van der Waals surface area contributed by atoms with E-state index in [9.17, 15) is 0 Å². The van der Waals surface area contributed by atoms with Crippen molar-refractivity contribution in [3.63, 3.8) is 0 Å². The lowest BCUT2D eigenvalue weighted by atomic mass is 9.92. The van der Waals surface area contributed by atoms with Gasteiger partial charge < -0.3 is 4.42 Å². The fourth-order valence-electron chi connectivity index (χ4n) is 10.5. The molecule has 3 nitrogen and oxygen atoms in total. The van der Waals surface area contributed by atoms with Crippen molar-refractivity contribution in [1.82, 2.24) is 9.97 Å². The van der Waals surface area contributed by atoms with Crippen LogP contribution in [0.5, 0.6) is 0 Å². The molecule has 0 bridgehead atoms. The number of hydrogen-bond donors (Lipinski definition) is 0. The van der Waals surface area contributed by atoms with Crippen LogP contribution in [-0.2, 0) is 0 Å². The molecule has 2 aromatic heterocycles. The predicted molar refractivity (Wildman–Crippen MR) is 289 cm³/mol. The summed E-state index contributed by atoms with van der Waals surface area (Å²) >= 11 is 0. The molecule has 0 aliphatic rings. The van der Waals surface area contributed by atoms with Gasteiger partial charge in [0.1, 0.15) is 11.2 Å². The van der Waals surface area contributed by atoms with E-state index in [1.54, 1.807) is 0 Å². The largest absolute Gasteiger partial charge is 0.455 e. The molecule has 12 aromatic carbocycles. The molecule has 0 N–H and O–H groups in total. The molecule has 0 atom stereocenters. The van der Waals surface area contributed by atoms with Crippen LogP contribution in [0.4, 0.5) is 0 Å². The lowest BCUT2D eigenvalue weighted by Gasteiger charge is -2.14. The highest BCUT2D eigenvalue weighted by atomic mass is 16.3. The smallest absolute Gasteiger partial charge is 0.143 e. The van der Waals surface area contributed by atoms with Gasteiger partial charge in [0.25, 0.3) is 0 Å². The first-order valence-electron chi connectivity index (χ1n) is 23.5. The Hall–Kier alpha value is -9.18. The van der Waals surface area contributed by atoms with E-state index >= 15 is 0 Å². The van der Waals surface area contributed by atoms with Crippen LogP contribution in [0.1, 0.15) is 0 Å². The van der Waals surface area contributed by atoms with Crippen LogP contribution in [0, 0.1) is 0 Å². The molecular weight excluding hydrogens is 837 g/mol. The van der Waals surface area contributed by atoms with Crippen LogP contribution in [0.25, 0.3) is 143 Å². The van der Waals surface area contributed by atoms with Crippen molar-refractivity contribution in [1.29, 1.82) is 0 Å². The van der Waals surface area contributed by atoms with Gasteiger partial charge in [0.15, 0.2) is 0 Å². The van der Waals surface area contributed by atoms with E-state index in [4.69, 9.17) is 14.4 Å². The van der Waals surface area contributed by atoms with E-state index in [0.717, 1.165) is 99.2 Å². The third-order valence-electron chi connectivity index (χ3n) is 14.1. The van der Waals surface area contributed by atoms with E-state index < -0.39 is 0 Å². The second-order valence-corrected chi connectivity index (χ2v) is 18.1. The van der Waals surface area contributed by atoms with Gasteiger partial charge in [-0.15, -0.1) is 0 Å². The standard InChI is InChI=1S/C66H40N2O/c1-3-12-45-35-50(28-24-41(45)10-1)52-30-32-57-60(38-52)61-39-53(51-29-25-42-11-2-4-13-46(42)36-51)31-33-58(61)65-64(57)67-40-62(68-65)54-17-8-16-49(37-54)48-15-7-14-47(34-48)43-22-26-44(27-23-43)55-19-9-20-59-56-18-5-6-21-63(56)69-66(55)59/h1-40H. The fourth-order valence-corrected chi connectivity index (χ4v) is 10.5. The number of benzene rings is 12. The molecule has 0 aliphatic heterocycles. The van der Waals surface area contributed by atoms with Crippen LogP contribution in [0.2, 0.25) is 0 Å². The van der Waals surface area contributed by atoms with Gasteiger partial charge in [-0.25, -0.2) is 4.98 Å². The summed E-state index contributed by atoms with van der Waals surface area (Å²) in [7, 11) is 0. The maximum absolute atomic E-state index is 6.37.